The number of H-pyrrole nitrogens is 1. The minimum absolute atomic E-state index is 0.278. The lowest BCUT2D eigenvalue weighted by Gasteiger charge is -2.23. The molecule has 1 aromatic carbocycles. The molecule has 0 aliphatic carbocycles. The SMILES string of the molecule is CC(C)(C)OC(=O)N[C@@H](Cc1c[nH]c2ccccc12)C(=O)NCc1ccccn1. The lowest BCUT2D eigenvalue weighted by molar-refractivity contribution is -0.123. The number of hydrogen-bond acceptors (Lipinski definition) is 4. The Morgan fingerprint density at radius 2 is 1.90 bits per heavy atom. The van der Waals surface area contributed by atoms with Gasteiger partial charge < -0.3 is 20.4 Å². The number of alkyl carbamates (subject to hydrolysis) is 1. The van der Waals surface area contributed by atoms with Gasteiger partial charge >= 0.3 is 6.09 Å². The molecular formula is C22H26N4O3. The molecule has 0 unspecified atom stereocenters. The topological polar surface area (TPSA) is 96.1 Å². The third kappa shape index (κ3) is 5.81. The number of carbonyl (C=O) groups excluding carboxylic acids is 2. The molecule has 7 nitrogen and oxygen atoms in total. The Bertz CT molecular complexity index is 976. The summed E-state index contributed by atoms with van der Waals surface area (Å²) in [5.41, 5.74) is 2.01. The minimum Gasteiger partial charge on any atom is -0.444 e. The third-order valence-electron chi connectivity index (χ3n) is 4.28. The van der Waals surface area contributed by atoms with Crippen molar-refractivity contribution in [1.82, 2.24) is 20.6 Å². The first-order valence-electron chi connectivity index (χ1n) is 9.54. The molecule has 0 saturated heterocycles. The van der Waals surface area contributed by atoms with Crippen LogP contribution in [0.25, 0.3) is 10.9 Å². The number of para-hydroxylation sites is 1. The predicted molar refractivity (Wildman–Crippen MR) is 111 cm³/mol. The maximum Gasteiger partial charge on any atom is 0.408 e. The first kappa shape index (κ1) is 20.4. The van der Waals surface area contributed by atoms with Crippen LogP contribution in [0.3, 0.4) is 0 Å². The van der Waals surface area contributed by atoms with Crippen LogP contribution in [0.15, 0.2) is 54.9 Å². The van der Waals surface area contributed by atoms with Gasteiger partial charge in [-0.3, -0.25) is 9.78 Å². The van der Waals surface area contributed by atoms with Crippen molar-refractivity contribution in [3.05, 3.63) is 66.1 Å². The van der Waals surface area contributed by atoms with Crippen LogP contribution in [0.4, 0.5) is 4.79 Å². The van der Waals surface area contributed by atoms with Crippen LogP contribution >= 0.6 is 0 Å². The molecule has 1 atom stereocenters. The summed E-state index contributed by atoms with van der Waals surface area (Å²) in [6, 6.07) is 12.6. The molecule has 152 valence electrons. The Balaban J connectivity index is 1.75. The van der Waals surface area contributed by atoms with E-state index >= 15 is 0 Å². The van der Waals surface area contributed by atoms with Gasteiger partial charge in [-0.05, 0) is 44.5 Å². The van der Waals surface area contributed by atoms with Crippen molar-refractivity contribution in [2.24, 2.45) is 0 Å². The van der Waals surface area contributed by atoms with Crippen molar-refractivity contribution >= 4 is 22.9 Å². The van der Waals surface area contributed by atoms with Gasteiger partial charge in [0.25, 0.3) is 0 Å². The fourth-order valence-electron chi connectivity index (χ4n) is 2.98. The molecule has 0 aliphatic rings. The molecule has 0 radical (unpaired) electrons. The van der Waals surface area contributed by atoms with E-state index in [9.17, 15) is 9.59 Å². The number of benzene rings is 1. The summed E-state index contributed by atoms with van der Waals surface area (Å²) in [6.07, 6.45) is 3.23. The summed E-state index contributed by atoms with van der Waals surface area (Å²) in [6.45, 7) is 5.62. The van der Waals surface area contributed by atoms with Crippen LogP contribution in [0.2, 0.25) is 0 Å². The van der Waals surface area contributed by atoms with Gasteiger partial charge in [-0.25, -0.2) is 4.79 Å². The predicted octanol–water partition coefficient (Wildman–Crippen LogP) is 3.32. The van der Waals surface area contributed by atoms with Crippen LogP contribution in [-0.2, 0) is 22.5 Å². The second-order valence-corrected chi connectivity index (χ2v) is 7.80. The molecule has 0 aliphatic heterocycles. The van der Waals surface area contributed by atoms with Crippen LogP contribution < -0.4 is 10.6 Å². The largest absolute Gasteiger partial charge is 0.444 e. The lowest BCUT2D eigenvalue weighted by Crippen LogP contribution is -2.49. The van der Waals surface area contributed by atoms with E-state index in [2.05, 4.69) is 20.6 Å². The second-order valence-electron chi connectivity index (χ2n) is 7.80. The molecule has 3 rings (SSSR count). The maximum absolute atomic E-state index is 12.9. The zero-order chi connectivity index (χ0) is 20.9. The van der Waals surface area contributed by atoms with E-state index in [4.69, 9.17) is 4.74 Å². The number of rotatable bonds is 6. The van der Waals surface area contributed by atoms with Gasteiger partial charge in [0.05, 0.1) is 12.2 Å². The van der Waals surface area contributed by atoms with E-state index < -0.39 is 17.7 Å². The molecule has 0 saturated carbocycles. The molecule has 7 heteroatoms. The number of aromatic amines is 1. The number of ether oxygens (including phenoxy) is 1. The Hall–Kier alpha value is -3.35. The summed E-state index contributed by atoms with van der Waals surface area (Å²) in [5.74, 6) is -0.299. The van der Waals surface area contributed by atoms with Crippen molar-refractivity contribution in [1.29, 1.82) is 0 Å². The van der Waals surface area contributed by atoms with Crippen LogP contribution in [-0.4, -0.2) is 33.6 Å². The Morgan fingerprint density at radius 3 is 2.62 bits per heavy atom. The maximum atomic E-state index is 12.9. The average Bonchev–Trinajstić information content (AvgIpc) is 3.08. The van der Waals surface area contributed by atoms with Crippen molar-refractivity contribution < 1.29 is 14.3 Å². The summed E-state index contributed by atoms with van der Waals surface area (Å²) >= 11 is 0. The zero-order valence-corrected chi connectivity index (χ0v) is 16.9. The first-order valence-corrected chi connectivity index (χ1v) is 9.54. The summed E-state index contributed by atoms with van der Waals surface area (Å²) < 4.78 is 5.34. The zero-order valence-electron chi connectivity index (χ0n) is 16.9. The molecule has 3 N–H and O–H groups in total. The van der Waals surface area contributed by atoms with Gasteiger partial charge in [0, 0.05) is 29.7 Å². The highest BCUT2D eigenvalue weighted by atomic mass is 16.6. The average molecular weight is 394 g/mol. The lowest BCUT2D eigenvalue weighted by atomic mass is 10.0. The number of carbonyl (C=O) groups is 2. The highest BCUT2D eigenvalue weighted by Crippen LogP contribution is 2.19. The molecule has 2 aromatic heterocycles. The summed E-state index contributed by atoms with van der Waals surface area (Å²) in [4.78, 5) is 32.6. The first-order chi connectivity index (χ1) is 13.8. The summed E-state index contributed by atoms with van der Waals surface area (Å²) in [7, 11) is 0. The quantitative estimate of drug-likeness (QED) is 0.598. The molecule has 0 bridgehead atoms. The molecular weight excluding hydrogens is 368 g/mol. The van der Waals surface area contributed by atoms with Gasteiger partial charge in [0.1, 0.15) is 11.6 Å². The van der Waals surface area contributed by atoms with Crippen molar-refractivity contribution in [3.8, 4) is 0 Å². The Morgan fingerprint density at radius 1 is 1.14 bits per heavy atom. The number of pyridine rings is 1. The fourth-order valence-corrected chi connectivity index (χ4v) is 2.98. The van der Waals surface area contributed by atoms with E-state index in [1.807, 2.05) is 48.7 Å². The number of nitrogens with zero attached hydrogens (tertiary/aromatic N) is 1. The van der Waals surface area contributed by atoms with Crippen molar-refractivity contribution in [2.45, 2.75) is 45.4 Å². The van der Waals surface area contributed by atoms with Crippen molar-refractivity contribution in [3.63, 3.8) is 0 Å². The Kier molecular flexibility index (Phi) is 6.16. The number of nitrogens with one attached hydrogen (secondary N) is 3. The molecule has 3 aromatic rings. The van der Waals surface area contributed by atoms with Crippen LogP contribution in [0, 0.1) is 0 Å². The van der Waals surface area contributed by atoms with E-state index in [1.54, 1.807) is 27.0 Å². The van der Waals surface area contributed by atoms with Crippen LogP contribution in [0.1, 0.15) is 32.0 Å². The van der Waals surface area contributed by atoms with Gasteiger partial charge in [0.15, 0.2) is 0 Å². The van der Waals surface area contributed by atoms with Gasteiger partial charge in [-0.1, -0.05) is 24.3 Å². The molecule has 0 fully saturated rings. The molecule has 0 spiro atoms. The van der Waals surface area contributed by atoms with E-state index in [0.29, 0.717) is 6.42 Å². The summed E-state index contributed by atoms with van der Waals surface area (Å²) in [5, 5.41) is 6.57. The number of hydrogen-bond donors (Lipinski definition) is 3. The van der Waals surface area contributed by atoms with E-state index in [0.717, 1.165) is 22.2 Å². The van der Waals surface area contributed by atoms with Gasteiger partial charge in [-0.2, -0.15) is 0 Å². The Labute approximate surface area is 169 Å². The highest BCUT2D eigenvalue weighted by Gasteiger charge is 2.25. The van der Waals surface area contributed by atoms with E-state index in [1.165, 1.54) is 0 Å². The standard InChI is InChI=1S/C22H26N4O3/c1-22(2,3)29-21(28)26-19(20(27)25-14-16-8-6-7-11-23-16)12-15-13-24-18-10-5-4-9-17(15)18/h4-11,13,19,24H,12,14H2,1-3H3,(H,25,27)(H,26,28)/t19-/m0/s1. The third-order valence-corrected chi connectivity index (χ3v) is 4.28. The van der Waals surface area contributed by atoms with Gasteiger partial charge in [-0.15, -0.1) is 0 Å². The molecule has 2 amide bonds. The minimum atomic E-state index is -0.784. The van der Waals surface area contributed by atoms with E-state index in [-0.39, 0.29) is 12.5 Å². The van der Waals surface area contributed by atoms with Crippen LogP contribution in [0.5, 0.6) is 0 Å². The normalized spacial score (nSPS) is 12.4. The molecule has 2 heterocycles. The number of amides is 2. The second kappa shape index (κ2) is 8.77. The molecule has 29 heavy (non-hydrogen) atoms. The van der Waals surface area contributed by atoms with Gasteiger partial charge in [0.2, 0.25) is 5.91 Å². The fraction of sp³-hybridized carbons (Fsp3) is 0.318. The van der Waals surface area contributed by atoms with Crippen molar-refractivity contribution in [2.75, 3.05) is 0 Å². The number of fused-ring (bicyclic) bond motifs is 1. The highest BCUT2D eigenvalue weighted by molar-refractivity contribution is 5.88. The monoisotopic (exact) mass is 394 g/mol. The number of aromatic nitrogens is 2. The smallest absolute Gasteiger partial charge is 0.408 e.